The Bertz CT molecular complexity index is 1180. The van der Waals surface area contributed by atoms with Gasteiger partial charge in [0.25, 0.3) is 0 Å². The summed E-state index contributed by atoms with van der Waals surface area (Å²) in [6, 6.07) is 19.1. The second-order valence-electron chi connectivity index (χ2n) is 9.77. The highest BCUT2D eigenvalue weighted by molar-refractivity contribution is 7.10. The van der Waals surface area contributed by atoms with Crippen molar-refractivity contribution in [1.82, 2.24) is 9.80 Å². The van der Waals surface area contributed by atoms with E-state index in [2.05, 4.69) is 25.3 Å². The van der Waals surface area contributed by atoms with Gasteiger partial charge in [-0.15, -0.1) is 11.3 Å². The van der Waals surface area contributed by atoms with Gasteiger partial charge in [-0.25, -0.2) is 0 Å². The molecular weight excluding hydrogens is 484 g/mol. The van der Waals surface area contributed by atoms with Crippen LogP contribution in [0.5, 0.6) is 11.5 Å². The van der Waals surface area contributed by atoms with E-state index in [1.54, 1.807) is 23.3 Å². The normalized spacial score (nSPS) is 14.8. The molecule has 6 nitrogen and oxygen atoms in total. The van der Waals surface area contributed by atoms with Crippen molar-refractivity contribution in [3.8, 4) is 11.5 Å². The monoisotopic (exact) mass is 520 g/mol. The summed E-state index contributed by atoms with van der Waals surface area (Å²) in [5.41, 5.74) is 2.09. The van der Waals surface area contributed by atoms with Gasteiger partial charge < -0.3 is 19.3 Å². The molecule has 0 unspecified atom stereocenters. The van der Waals surface area contributed by atoms with E-state index < -0.39 is 0 Å². The van der Waals surface area contributed by atoms with Crippen molar-refractivity contribution in [2.24, 2.45) is 5.92 Å². The smallest absolute Gasteiger partial charge is 0.242 e. The third-order valence-corrected chi connectivity index (χ3v) is 7.73. The molecule has 0 spiro atoms. The maximum Gasteiger partial charge on any atom is 0.242 e. The summed E-state index contributed by atoms with van der Waals surface area (Å²) >= 11 is 1.72. The number of rotatable bonds is 11. The first-order chi connectivity index (χ1) is 18.0. The molecule has 7 heteroatoms. The fourth-order valence-corrected chi connectivity index (χ4v) is 5.55. The van der Waals surface area contributed by atoms with Crippen LogP contribution in [0.2, 0.25) is 0 Å². The first-order valence-electron chi connectivity index (χ1n) is 12.9. The number of ether oxygens (including phenoxy) is 2. The van der Waals surface area contributed by atoms with Crippen LogP contribution in [0.3, 0.4) is 0 Å². The van der Waals surface area contributed by atoms with Gasteiger partial charge in [-0.3, -0.25) is 9.59 Å². The fourth-order valence-electron chi connectivity index (χ4n) is 4.62. The minimum Gasteiger partial charge on any atom is -0.493 e. The van der Waals surface area contributed by atoms with Crippen LogP contribution in [0.4, 0.5) is 0 Å². The molecule has 0 fully saturated rings. The van der Waals surface area contributed by atoms with Crippen molar-refractivity contribution < 1.29 is 19.1 Å². The lowest BCUT2D eigenvalue weighted by Crippen LogP contribution is -2.48. The number of nitrogens with zero attached hydrogens (tertiary/aromatic N) is 2. The van der Waals surface area contributed by atoms with E-state index in [0.29, 0.717) is 43.5 Å². The molecular formula is C30H36N2O4S. The first-order valence-corrected chi connectivity index (χ1v) is 13.8. The number of hydrogen-bond donors (Lipinski definition) is 0. The summed E-state index contributed by atoms with van der Waals surface area (Å²) in [6.07, 6.45) is 1.96. The summed E-state index contributed by atoms with van der Waals surface area (Å²) < 4.78 is 11.6. The zero-order valence-electron chi connectivity index (χ0n) is 21.9. The van der Waals surface area contributed by atoms with Crippen molar-refractivity contribution in [3.63, 3.8) is 0 Å². The van der Waals surface area contributed by atoms with Crippen LogP contribution in [0.15, 0.2) is 66.0 Å². The predicted octanol–water partition coefficient (Wildman–Crippen LogP) is 5.38. The number of para-hydroxylation sites is 2. The molecule has 0 radical (unpaired) electrons. The van der Waals surface area contributed by atoms with Gasteiger partial charge in [-0.05, 0) is 53.5 Å². The summed E-state index contributed by atoms with van der Waals surface area (Å²) in [5, 5.41) is 2.08. The van der Waals surface area contributed by atoms with Gasteiger partial charge in [-0.1, -0.05) is 56.3 Å². The fraction of sp³-hybridized carbons (Fsp3) is 0.400. The average Bonchev–Trinajstić information content (AvgIpc) is 3.39. The number of benzene rings is 2. The maximum atomic E-state index is 13.7. The topological polar surface area (TPSA) is 59.1 Å². The highest BCUT2D eigenvalue weighted by Gasteiger charge is 2.33. The van der Waals surface area contributed by atoms with Gasteiger partial charge in [0.05, 0.1) is 26.1 Å². The van der Waals surface area contributed by atoms with Crippen LogP contribution in [0.1, 0.15) is 42.3 Å². The van der Waals surface area contributed by atoms with Gasteiger partial charge in [0.2, 0.25) is 11.8 Å². The standard InChI is InChI=1S/C30H36N2O4S/c1-22(2)13-16-31(29(33)19-23-9-5-4-6-10-23)20-30(34)32-17-14-28-24(15-18-37-28)25(32)21-36-27-12-8-7-11-26(27)35-3/h4-12,15,18,22,25H,13-14,16-17,19-21H2,1-3H3/t25-/m0/s1. The first kappa shape index (κ1) is 26.7. The van der Waals surface area contributed by atoms with E-state index >= 15 is 0 Å². The Morgan fingerprint density at radius 1 is 1.05 bits per heavy atom. The van der Waals surface area contributed by atoms with Gasteiger partial charge in [0.15, 0.2) is 11.5 Å². The van der Waals surface area contributed by atoms with E-state index in [0.717, 1.165) is 24.0 Å². The predicted molar refractivity (Wildman–Crippen MR) is 147 cm³/mol. The van der Waals surface area contributed by atoms with E-state index in [4.69, 9.17) is 9.47 Å². The minimum absolute atomic E-state index is 0.0183. The Morgan fingerprint density at radius 2 is 1.78 bits per heavy atom. The Labute approximate surface area is 223 Å². The van der Waals surface area contributed by atoms with E-state index in [-0.39, 0.29) is 24.4 Å². The SMILES string of the molecule is COc1ccccc1OC[C@H]1c2ccsc2CCN1C(=O)CN(CCC(C)C)C(=O)Cc1ccccc1. The molecule has 0 aliphatic carbocycles. The lowest BCUT2D eigenvalue weighted by atomic mass is 10.00. The second kappa shape index (κ2) is 12.8. The zero-order chi connectivity index (χ0) is 26.2. The van der Waals surface area contributed by atoms with Crippen LogP contribution in [-0.4, -0.2) is 55.0 Å². The second-order valence-corrected chi connectivity index (χ2v) is 10.8. The number of carbonyl (C=O) groups is 2. The lowest BCUT2D eigenvalue weighted by molar-refractivity contribution is -0.142. The molecule has 1 aliphatic heterocycles. The molecule has 0 saturated carbocycles. The molecule has 0 N–H and O–H groups in total. The number of amides is 2. The Balaban J connectivity index is 1.50. The number of thiophene rings is 1. The largest absolute Gasteiger partial charge is 0.493 e. The third kappa shape index (κ3) is 6.92. The molecule has 2 amide bonds. The molecule has 0 bridgehead atoms. The Morgan fingerprint density at radius 3 is 2.51 bits per heavy atom. The molecule has 4 rings (SSSR count). The number of hydrogen-bond acceptors (Lipinski definition) is 5. The van der Waals surface area contributed by atoms with Crippen molar-refractivity contribution in [1.29, 1.82) is 0 Å². The van der Waals surface area contributed by atoms with Crippen LogP contribution >= 0.6 is 11.3 Å². The van der Waals surface area contributed by atoms with Crippen molar-refractivity contribution in [3.05, 3.63) is 82.0 Å². The van der Waals surface area contributed by atoms with E-state index in [1.165, 1.54) is 4.88 Å². The summed E-state index contributed by atoms with van der Waals surface area (Å²) in [7, 11) is 1.62. The third-order valence-electron chi connectivity index (χ3n) is 6.73. The summed E-state index contributed by atoms with van der Waals surface area (Å²) in [5.74, 6) is 1.68. The summed E-state index contributed by atoms with van der Waals surface area (Å²) in [6.45, 7) is 5.83. The van der Waals surface area contributed by atoms with Crippen molar-refractivity contribution in [2.45, 2.75) is 39.2 Å². The molecule has 196 valence electrons. The van der Waals surface area contributed by atoms with Gasteiger partial charge >= 0.3 is 0 Å². The lowest BCUT2D eigenvalue weighted by Gasteiger charge is -2.37. The molecule has 1 atom stereocenters. The number of methoxy groups -OCH3 is 1. The van der Waals surface area contributed by atoms with E-state index in [1.807, 2.05) is 59.5 Å². The molecule has 37 heavy (non-hydrogen) atoms. The van der Waals surface area contributed by atoms with Gasteiger partial charge in [-0.2, -0.15) is 0 Å². The van der Waals surface area contributed by atoms with Gasteiger partial charge in [0, 0.05) is 18.0 Å². The Hall–Kier alpha value is -3.32. The quantitative estimate of drug-likeness (QED) is 0.341. The summed E-state index contributed by atoms with van der Waals surface area (Å²) in [4.78, 5) is 31.9. The molecule has 3 aromatic rings. The van der Waals surface area contributed by atoms with Crippen LogP contribution in [0.25, 0.3) is 0 Å². The minimum atomic E-state index is -0.219. The zero-order valence-corrected chi connectivity index (χ0v) is 22.7. The number of carbonyl (C=O) groups excluding carboxylic acids is 2. The highest BCUT2D eigenvalue weighted by Crippen LogP contribution is 2.35. The van der Waals surface area contributed by atoms with Crippen molar-refractivity contribution >= 4 is 23.2 Å². The highest BCUT2D eigenvalue weighted by atomic mass is 32.1. The van der Waals surface area contributed by atoms with Crippen molar-refractivity contribution in [2.75, 3.05) is 33.4 Å². The number of fused-ring (bicyclic) bond motifs is 1. The molecule has 1 aliphatic rings. The maximum absolute atomic E-state index is 13.7. The molecule has 2 heterocycles. The molecule has 2 aromatic carbocycles. The van der Waals surface area contributed by atoms with Crippen LogP contribution < -0.4 is 9.47 Å². The average molecular weight is 521 g/mol. The molecule has 0 saturated heterocycles. The van der Waals surface area contributed by atoms with Crippen LogP contribution in [0, 0.1) is 5.92 Å². The van der Waals surface area contributed by atoms with E-state index in [9.17, 15) is 9.59 Å². The van der Waals surface area contributed by atoms with Gasteiger partial charge in [0.1, 0.15) is 6.61 Å². The Kier molecular flexibility index (Phi) is 9.23. The molecule has 1 aromatic heterocycles. The van der Waals surface area contributed by atoms with Crippen LogP contribution in [-0.2, 0) is 22.4 Å².